The summed E-state index contributed by atoms with van der Waals surface area (Å²) in [6.07, 6.45) is 5.07. The lowest BCUT2D eigenvalue weighted by molar-refractivity contribution is -0.136. The Morgan fingerprint density at radius 2 is 1.60 bits per heavy atom. The minimum Gasteiger partial charge on any atom is -0.490 e. The Morgan fingerprint density at radius 3 is 2.26 bits per heavy atom. The van der Waals surface area contributed by atoms with Crippen LogP contribution in [0, 0.1) is 23.1 Å². The number of aromatic nitrogens is 2. The second kappa shape index (κ2) is 16.7. The van der Waals surface area contributed by atoms with E-state index in [1.807, 2.05) is 17.0 Å². The van der Waals surface area contributed by atoms with E-state index >= 15 is 4.39 Å². The SMILES string of the molecule is N#Cc1ccc(OC2CCC(NC(=O)c3ccc(N4CCC(CN5CCN(c6cc7c(cc6F)C(=O)N(C6CCC(=O)NC6=O)C7=O)CC5)CC4)nn3)CC2)cc1Cl. The summed E-state index contributed by atoms with van der Waals surface area (Å²) < 4.78 is 21.5. The van der Waals surface area contributed by atoms with Crippen molar-refractivity contribution in [3.63, 3.8) is 0 Å². The molecule has 3 aromatic rings. The van der Waals surface area contributed by atoms with E-state index in [4.69, 9.17) is 21.6 Å². The number of anilines is 2. The normalized spacial score (nSPS) is 23.1. The van der Waals surface area contributed by atoms with Crippen LogP contribution >= 0.6 is 11.6 Å². The molecule has 4 aliphatic heterocycles. The lowest BCUT2D eigenvalue weighted by Crippen LogP contribution is -2.54. The number of piperidine rings is 2. The van der Waals surface area contributed by atoms with Crippen LogP contribution in [-0.2, 0) is 9.59 Å². The van der Waals surface area contributed by atoms with Crippen LogP contribution in [0.4, 0.5) is 15.9 Å². The second-order valence-electron chi connectivity index (χ2n) is 15.6. The van der Waals surface area contributed by atoms with Gasteiger partial charge in [-0.25, -0.2) is 4.39 Å². The molecule has 4 fully saturated rings. The van der Waals surface area contributed by atoms with Crippen LogP contribution in [0.25, 0.3) is 0 Å². The molecule has 17 heteroatoms. The van der Waals surface area contributed by atoms with Crippen LogP contribution in [0.3, 0.4) is 0 Å². The highest BCUT2D eigenvalue weighted by atomic mass is 35.5. The van der Waals surface area contributed by atoms with E-state index < -0.39 is 35.5 Å². The van der Waals surface area contributed by atoms with Gasteiger partial charge in [-0.15, -0.1) is 10.2 Å². The number of imide groups is 2. The molecule has 3 saturated heterocycles. The number of ether oxygens (including phenoxy) is 1. The Labute approximate surface area is 339 Å². The van der Waals surface area contributed by atoms with Gasteiger partial charge in [-0.2, -0.15) is 5.26 Å². The van der Waals surface area contributed by atoms with Crippen molar-refractivity contribution in [3.8, 4) is 11.8 Å². The van der Waals surface area contributed by atoms with Crippen molar-refractivity contribution < 1.29 is 33.1 Å². The fourth-order valence-electron chi connectivity index (χ4n) is 8.65. The molecule has 1 unspecified atom stereocenters. The van der Waals surface area contributed by atoms with E-state index in [0.717, 1.165) is 74.9 Å². The lowest BCUT2D eigenvalue weighted by Gasteiger charge is -2.39. The van der Waals surface area contributed by atoms with Gasteiger partial charge in [-0.05, 0) is 87.3 Å². The summed E-state index contributed by atoms with van der Waals surface area (Å²) >= 11 is 6.14. The van der Waals surface area contributed by atoms with E-state index in [2.05, 4.69) is 30.6 Å². The predicted octanol–water partition coefficient (Wildman–Crippen LogP) is 3.70. The number of carbonyl (C=O) groups is 5. The van der Waals surface area contributed by atoms with Crippen LogP contribution in [0.5, 0.6) is 5.75 Å². The molecule has 0 radical (unpaired) electrons. The fourth-order valence-corrected chi connectivity index (χ4v) is 8.87. The number of fused-ring (bicyclic) bond motifs is 1. The number of benzene rings is 2. The van der Waals surface area contributed by atoms with Gasteiger partial charge >= 0.3 is 0 Å². The summed E-state index contributed by atoms with van der Waals surface area (Å²) in [7, 11) is 0. The van der Waals surface area contributed by atoms with Gasteiger partial charge in [0, 0.05) is 64.3 Å². The Balaban J connectivity index is 0.764. The Bertz CT molecular complexity index is 2160. The van der Waals surface area contributed by atoms with Crippen molar-refractivity contribution in [1.29, 1.82) is 5.26 Å². The fraction of sp³-hybridized carbons (Fsp3) is 0.463. The highest BCUT2D eigenvalue weighted by molar-refractivity contribution is 6.31. The molecule has 1 atom stereocenters. The molecular formula is C41H43ClFN9O6. The first kappa shape index (κ1) is 39.2. The van der Waals surface area contributed by atoms with Crippen molar-refractivity contribution in [2.75, 3.05) is 55.6 Å². The van der Waals surface area contributed by atoms with Crippen LogP contribution < -0.4 is 25.2 Å². The van der Waals surface area contributed by atoms with Gasteiger partial charge in [0.15, 0.2) is 11.5 Å². The molecule has 5 aliphatic rings. The first-order valence-electron chi connectivity index (χ1n) is 19.8. The quantitative estimate of drug-likeness (QED) is 0.300. The number of carbonyl (C=O) groups excluding carboxylic acids is 5. The first-order valence-corrected chi connectivity index (χ1v) is 20.2. The molecule has 2 aromatic carbocycles. The Morgan fingerprint density at radius 1 is 0.879 bits per heavy atom. The maximum absolute atomic E-state index is 15.4. The highest BCUT2D eigenvalue weighted by Crippen LogP contribution is 2.34. The third kappa shape index (κ3) is 8.19. The van der Waals surface area contributed by atoms with E-state index in [1.54, 1.807) is 24.3 Å². The van der Waals surface area contributed by atoms with Crippen molar-refractivity contribution in [1.82, 2.24) is 30.6 Å². The highest BCUT2D eigenvalue weighted by Gasteiger charge is 2.45. The number of hydrogen-bond donors (Lipinski definition) is 2. The molecule has 1 aliphatic carbocycles. The molecule has 5 heterocycles. The lowest BCUT2D eigenvalue weighted by atomic mass is 9.93. The van der Waals surface area contributed by atoms with Gasteiger partial charge < -0.3 is 19.9 Å². The topological polar surface area (TPSA) is 181 Å². The summed E-state index contributed by atoms with van der Waals surface area (Å²) in [6, 6.07) is 12.1. The Hall–Kier alpha value is -5.66. The molecule has 2 N–H and O–H groups in total. The number of amides is 5. The minimum atomic E-state index is -1.10. The third-order valence-electron chi connectivity index (χ3n) is 11.9. The zero-order valence-corrected chi connectivity index (χ0v) is 32.5. The molecule has 0 spiro atoms. The molecule has 5 amide bonds. The molecule has 58 heavy (non-hydrogen) atoms. The average Bonchev–Trinajstić information content (AvgIpc) is 3.46. The minimum absolute atomic E-state index is 0.00529. The summed E-state index contributed by atoms with van der Waals surface area (Å²) in [5.74, 6) is -1.55. The number of hydrogen-bond acceptors (Lipinski definition) is 12. The molecular weight excluding hydrogens is 769 g/mol. The van der Waals surface area contributed by atoms with E-state index in [0.29, 0.717) is 48.4 Å². The van der Waals surface area contributed by atoms with Gasteiger partial charge in [0.1, 0.15) is 23.7 Å². The second-order valence-corrected chi connectivity index (χ2v) is 16.0. The van der Waals surface area contributed by atoms with Crippen molar-refractivity contribution in [2.45, 2.75) is 69.6 Å². The summed E-state index contributed by atoms with van der Waals surface area (Å²) in [6.45, 7) is 5.06. The predicted molar refractivity (Wildman–Crippen MR) is 209 cm³/mol. The van der Waals surface area contributed by atoms with Gasteiger partial charge in [0.05, 0.1) is 33.5 Å². The molecule has 1 saturated carbocycles. The van der Waals surface area contributed by atoms with Gasteiger partial charge in [-0.3, -0.25) is 39.1 Å². The molecule has 15 nitrogen and oxygen atoms in total. The largest absolute Gasteiger partial charge is 0.490 e. The maximum atomic E-state index is 15.4. The third-order valence-corrected chi connectivity index (χ3v) is 12.2. The molecule has 302 valence electrons. The number of piperazine rings is 1. The van der Waals surface area contributed by atoms with E-state index in [1.165, 1.54) is 6.07 Å². The van der Waals surface area contributed by atoms with E-state index in [9.17, 15) is 24.0 Å². The van der Waals surface area contributed by atoms with Crippen LogP contribution in [-0.4, -0.2) is 114 Å². The summed E-state index contributed by atoms with van der Waals surface area (Å²) in [4.78, 5) is 70.7. The van der Waals surface area contributed by atoms with E-state index in [-0.39, 0.29) is 53.4 Å². The molecule has 8 rings (SSSR count). The number of halogens is 2. The maximum Gasteiger partial charge on any atom is 0.272 e. The number of nitrogens with zero attached hydrogens (tertiary/aromatic N) is 7. The number of nitriles is 1. The summed E-state index contributed by atoms with van der Waals surface area (Å²) in [5, 5.41) is 23.4. The van der Waals surface area contributed by atoms with Crippen molar-refractivity contribution >= 4 is 52.6 Å². The van der Waals surface area contributed by atoms with Crippen molar-refractivity contribution in [3.05, 3.63) is 75.7 Å². The summed E-state index contributed by atoms with van der Waals surface area (Å²) in [5.41, 5.74) is 0.931. The first-order chi connectivity index (χ1) is 28.0. The van der Waals surface area contributed by atoms with Crippen molar-refractivity contribution in [2.24, 2.45) is 5.92 Å². The smallest absolute Gasteiger partial charge is 0.272 e. The standard InChI is InChI=1S/C41H43ClFN9O6/c42-31-19-28(4-1-25(31)22-44)58-27-5-2-26(3-6-27)45-38(54)33-7-9-36(48-47-33)51-13-11-24(12-14-51)23-49-15-17-50(18-16-49)35-21-30-29(20-32(35)43)40(56)52(41(30)57)34-8-10-37(53)46-39(34)55/h1,4,7,9,19-21,24,26-27,34H,2-3,5-6,8,10-18,23H2,(H,45,54)(H,46,53,55). The number of nitrogens with one attached hydrogen (secondary N) is 2. The monoisotopic (exact) mass is 811 g/mol. The average molecular weight is 812 g/mol. The Kier molecular flexibility index (Phi) is 11.3. The molecule has 1 aromatic heterocycles. The van der Waals surface area contributed by atoms with Crippen LogP contribution in [0.1, 0.15) is 88.1 Å². The van der Waals surface area contributed by atoms with Crippen LogP contribution in [0.2, 0.25) is 5.02 Å². The molecule has 0 bridgehead atoms. The van der Waals surface area contributed by atoms with Gasteiger partial charge in [-0.1, -0.05) is 11.6 Å². The zero-order chi connectivity index (χ0) is 40.5. The number of rotatable bonds is 9. The van der Waals surface area contributed by atoms with Crippen LogP contribution in [0.15, 0.2) is 42.5 Å². The zero-order valence-electron chi connectivity index (χ0n) is 31.8. The van der Waals surface area contributed by atoms with Gasteiger partial charge in [0.25, 0.3) is 17.7 Å². The van der Waals surface area contributed by atoms with Gasteiger partial charge in [0.2, 0.25) is 11.8 Å².